The highest BCUT2D eigenvalue weighted by Gasteiger charge is 2.12. The molecule has 110 valence electrons. The van der Waals surface area contributed by atoms with Crippen molar-refractivity contribution in [1.82, 2.24) is 9.78 Å². The topological polar surface area (TPSA) is 86.1 Å². The van der Waals surface area contributed by atoms with Crippen LogP contribution in [-0.2, 0) is 13.1 Å². The number of nitrogens with one attached hydrogen (secondary N) is 1. The van der Waals surface area contributed by atoms with Crippen molar-refractivity contribution in [2.75, 3.05) is 5.32 Å². The summed E-state index contributed by atoms with van der Waals surface area (Å²) in [5.74, 6) is 1.06. The third-order valence-electron chi connectivity index (χ3n) is 2.80. The lowest BCUT2D eigenvalue weighted by atomic mass is 10.3. The van der Waals surface area contributed by atoms with Crippen LogP contribution in [0.5, 0.6) is 0 Å². The van der Waals surface area contributed by atoms with Crippen LogP contribution < -0.4 is 11.1 Å². The van der Waals surface area contributed by atoms with Crippen molar-refractivity contribution >= 4 is 24.1 Å². The maximum absolute atomic E-state index is 12.0. The van der Waals surface area contributed by atoms with Gasteiger partial charge >= 0.3 is 0 Å². The smallest absolute Gasteiger partial charge is 0.260 e. The van der Waals surface area contributed by atoms with Crippen LogP contribution in [0.15, 0.2) is 29.0 Å². The van der Waals surface area contributed by atoms with Gasteiger partial charge in [0, 0.05) is 12.6 Å². The first-order valence-electron chi connectivity index (χ1n) is 6.35. The van der Waals surface area contributed by atoms with Gasteiger partial charge in [0.2, 0.25) is 0 Å². The van der Waals surface area contributed by atoms with Gasteiger partial charge in [-0.15, -0.1) is 12.4 Å². The molecule has 0 bridgehead atoms. The van der Waals surface area contributed by atoms with Gasteiger partial charge in [-0.1, -0.05) is 13.3 Å². The first-order valence-corrected chi connectivity index (χ1v) is 6.35. The molecule has 20 heavy (non-hydrogen) atoms. The Morgan fingerprint density at radius 1 is 1.55 bits per heavy atom. The van der Waals surface area contributed by atoms with E-state index in [0.717, 1.165) is 19.4 Å². The van der Waals surface area contributed by atoms with Gasteiger partial charge in [0.25, 0.3) is 5.91 Å². The van der Waals surface area contributed by atoms with Crippen LogP contribution in [0.2, 0.25) is 0 Å². The lowest BCUT2D eigenvalue weighted by molar-refractivity contribution is 0.102. The van der Waals surface area contributed by atoms with E-state index in [1.807, 2.05) is 0 Å². The molecule has 0 spiro atoms. The molecule has 7 heteroatoms. The lowest BCUT2D eigenvalue weighted by Crippen LogP contribution is -2.15. The molecule has 2 heterocycles. The molecule has 2 aromatic rings. The number of unbranched alkanes of at least 4 members (excludes halogenated alkanes) is 1. The average Bonchev–Trinajstić information content (AvgIpc) is 3.05. The Hall–Kier alpha value is -1.79. The van der Waals surface area contributed by atoms with Crippen LogP contribution >= 0.6 is 12.4 Å². The molecular formula is C13H19ClN4O2. The molecular weight excluding hydrogens is 280 g/mol. The van der Waals surface area contributed by atoms with Crippen LogP contribution in [0.25, 0.3) is 0 Å². The Balaban J connectivity index is 0.00000200. The van der Waals surface area contributed by atoms with Crippen molar-refractivity contribution in [2.24, 2.45) is 5.73 Å². The Bertz CT molecular complexity index is 550. The standard InChI is InChI=1S/C13H18N4O2.ClH/c1-2-3-6-17-12(4-5-15-17)16-13(18)10-7-11(8-14)19-9-10;/h4-5,7,9H,2-3,6,8,14H2,1H3,(H,16,18);1H. The van der Waals surface area contributed by atoms with E-state index in [2.05, 4.69) is 17.3 Å². The number of anilines is 1. The van der Waals surface area contributed by atoms with Crippen molar-refractivity contribution in [3.05, 3.63) is 35.9 Å². The summed E-state index contributed by atoms with van der Waals surface area (Å²) in [5, 5.41) is 6.99. The number of halogens is 1. The molecule has 0 radical (unpaired) electrons. The minimum Gasteiger partial charge on any atom is -0.467 e. The molecule has 2 rings (SSSR count). The summed E-state index contributed by atoms with van der Waals surface area (Å²) in [7, 11) is 0. The average molecular weight is 299 g/mol. The van der Waals surface area contributed by atoms with Crippen molar-refractivity contribution in [1.29, 1.82) is 0 Å². The largest absolute Gasteiger partial charge is 0.467 e. The number of carbonyl (C=O) groups is 1. The third kappa shape index (κ3) is 3.85. The quantitative estimate of drug-likeness (QED) is 0.857. The first kappa shape index (κ1) is 16.3. The molecule has 0 saturated carbocycles. The number of nitrogens with two attached hydrogens (primary N) is 1. The zero-order valence-corrected chi connectivity index (χ0v) is 12.2. The maximum Gasteiger partial charge on any atom is 0.260 e. The van der Waals surface area contributed by atoms with E-state index in [0.29, 0.717) is 17.1 Å². The summed E-state index contributed by atoms with van der Waals surface area (Å²) in [5.41, 5.74) is 5.90. The highest BCUT2D eigenvalue weighted by atomic mass is 35.5. The van der Waals surface area contributed by atoms with Crippen molar-refractivity contribution in [3.63, 3.8) is 0 Å². The number of furan rings is 1. The predicted molar refractivity (Wildman–Crippen MR) is 78.9 cm³/mol. The molecule has 0 saturated heterocycles. The Morgan fingerprint density at radius 2 is 2.35 bits per heavy atom. The SMILES string of the molecule is CCCCn1nccc1NC(=O)c1coc(CN)c1.Cl. The molecule has 2 aromatic heterocycles. The fourth-order valence-electron chi connectivity index (χ4n) is 1.72. The van der Waals surface area contributed by atoms with Crippen LogP contribution in [0.4, 0.5) is 5.82 Å². The van der Waals surface area contributed by atoms with Crippen molar-refractivity contribution in [3.8, 4) is 0 Å². The molecule has 0 aliphatic rings. The van der Waals surface area contributed by atoms with E-state index >= 15 is 0 Å². The summed E-state index contributed by atoms with van der Waals surface area (Å²) in [4.78, 5) is 12.0. The number of amides is 1. The van der Waals surface area contributed by atoms with Gasteiger partial charge < -0.3 is 15.5 Å². The van der Waals surface area contributed by atoms with Crippen LogP contribution in [-0.4, -0.2) is 15.7 Å². The monoisotopic (exact) mass is 298 g/mol. The van der Waals surface area contributed by atoms with Crippen molar-refractivity contribution in [2.45, 2.75) is 32.9 Å². The first-order chi connectivity index (χ1) is 9.24. The molecule has 0 aromatic carbocycles. The second-order valence-electron chi connectivity index (χ2n) is 4.25. The minimum atomic E-state index is -0.221. The predicted octanol–water partition coefficient (Wildman–Crippen LogP) is 2.41. The van der Waals surface area contributed by atoms with E-state index in [9.17, 15) is 4.79 Å². The number of nitrogens with zero attached hydrogens (tertiary/aromatic N) is 2. The minimum absolute atomic E-state index is 0. The number of aryl methyl sites for hydroxylation is 1. The summed E-state index contributed by atoms with van der Waals surface area (Å²) < 4.78 is 6.92. The molecule has 0 aliphatic heterocycles. The van der Waals surface area contributed by atoms with E-state index in [1.54, 1.807) is 23.0 Å². The summed E-state index contributed by atoms with van der Waals surface area (Å²) in [6.07, 6.45) is 5.18. The molecule has 0 atom stereocenters. The Morgan fingerprint density at radius 3 is 3.00 bits per heavy atom. The van der Waals surface area contributed by atoms with E-state index in [4.69, 9.17) is 10.2 Å². The van der Waals surface area contributed by atoms with Gasteiger partial charge in [-0.05, 0) is 12.5 Å². The van der Waals surface area contributed by atoms with Crippen LogP contribution in [0.1, 0.15) is 35.9 Å². The normalized spacial score (nSPS) is 10.1. The highest BCUT2D eigenvalue weighted by molar-refractivity contribution is 6.03. The molecule has 3 N–H and O–H groups in total. The van der Waals surface area contributed by atoms with Gasteiger partial charge in [0.15, 0.2) is 0 Å². The fraction of sp³-hybridized carbons (Fsp3) is 0.385. The zero-order valence-electron chi connectivity index (χ0n) is 11.3. The molecule has 1 amide bonds. The van der Waals surface area contributed by atoms with Crippen LogP contribution in [0.3, 0.4) is 0 Å². The van der Waals surface area contributed by atoms with E-state index < -0.39 is 0 Å². The van der Waals surface area contributed by atoms with Gasteiger partial charge in [-0.25, -0.2) is 4.68 Å². The van der Waals surface area contributed by atoms with Crippen molar-refractivity contribution < 1.29 is 9.21 Å². The van der Waals surface area contributed by atoms with Crippen LogP contribution in [0, 0.1) is 0 Å². The van der Waals surface area contributed by atoms with Gasteiger partial charge in [-0.2, -0.15) is 5.10 Å². The molecule has 0 fully saturated rings. The number of hydrogen-bond acceptors (Lipinski definition) is 4. The summed E-state index contributed by atoms with van der Waals surface area (Å²) in [6, 6.07) is 3.42. The second-order valence-corrected chi connectivity index (χ2v) is 4.25. The van der Waals surface area contributed by atoms with E-state index in [-0.39, 0.29) is 24.9 Å². The highest BCUT2D eigenvalue weighted by Crippen LogP contribution is 2.12. The third-order valence-corrected chi connectivity index (χ3v) is 2.80. The molecule has 6 nitrogen and oxygen atoms in total. The van der Waals surface area contributed by atoms with Gasteiger partial charge in [0.1, 0.15) is 17.8 Å². The molecule has 0 unspecified atom stereocenters. The molecule has 0 aliphatic carbocycles. The summed E-state index contributed by atoms with van der Waals surface area (Å²) >= 11 is 0. The Labute approximate surface area is 123 Å². The number of hydrogen-bond donors (Lipinski definition) is 2. The van der Waals surface area contributed by atoms with Gasteiger partial charge in [0.05, 0.1) is 18.3 Å². The number of carbonyl (C=O) groups excluding carboxylic acids is 1. The van der Waals surface area contributed by atoms with E-state index in [1.165, 1.54) is 6.26 Å². The lowest BCUT2D eigenvalue weighted by Gasteiger charge is -2.07. The number of rotatable bonds is 6. The maximum atomic E-state index is 12.0. The zero-order chi connectivity index (χ0) is 13.7. The fourth-order valence-corrected chi connectivity index (χ4v) is 1.72. The van der Waals surface area contributed by atoms with Gasteiger partial charge in [-0.3, -0.25) is 4.79 Å². The summed E-state index contributed by atoms with van der Waals surface area (Å²) in [6.45, 7) is 3.18. The second kappa shape index (κ2) is 7.72. The number of aromatic nitrogens is 2. The Kier molecular flexibility index (Phi) is 6.27.